The van der Waals surface area contributed by atoms with Gasteiger partial charge >= 0.3 is 0 Å². The SMILES string of the molecule is O=c1ccc(-c2csc(S(=O)(=O)NC3CCCC3)c2)n[nH]1. The van der Waals surface area contributed by atoms with Crippen LogP contribution in [0.5, 0.6) is 0 Å². The van der Waals surface area contributed by atoms with Gasteiger partial charge in [0.05, 0.1) is 5.69 Å². The predicted molar refractivity (Wildman–Crippen MR) is 80.7 cm³/mol. The fraction of sp³-hybridized carbons (Fsp3) is 0.385. The van der Waals surface area contributed by atoms with E-state index in [1.54, 1.807) is 17.5 Å². The van der Waals surface area contributed by atoms with Crippen LogP contribution in [-0.2, 0) is 10.0 Å². The van der Waals surface area contributed by atoms with Gasteiger partial charge in [-0.3, -0.25) is 4.79 Å². The average Bonchev–Trinajstić information content (AvgIpc) is 3.10. The van der Waals surface area contributed by atoms with Gasteiger partial charge in [-0.1, -0.05) is 12.8 Å². The lowest BCUT2D eigenvalue weighted by atomic mass is 10.2. The Morgan fingerprint density at radius 2 is 2.05 bits per heavy atom. The fourth-order valence-electron chi connectivity index (χ4n) is 2.42. The lowest BCUT2D eigenvalue weighted by molar-refractivity contribution is 0.554. The molecule has 8 heteroatoms. The molecule has 2 heterocycles. The number of H-pyrrole nitrogens is 1. The maximum atomic E-state index is 12.3. The standard InChI is InChI=1S/C13H15N3O3S2/c17-12-6-5-11(14-15-12)9-7-13(20-8-9)21(18,19)16-10-3-1-2-4-10/h5-8,10,16H,1-4H2,(H,15,17). The molecule has 1 aliphatic carbocycles. The lowest BCUT2D eigenvalue weighted by Crippen LogP contribution is -2.32. The van der Waals surface area contributed by atoms with Crippen LogP contribution in [0.4, 0.5) is 0 Å². The van der Waals surface area contributed by atoms with Crippen LogP contribution in [-0.4, -0.2) is 24.7 Å². The number of aromatic amines is 1. The van der Waals surface area contributed by atoms with Crippen molar-refractivity contribution in [3.05, 3.63) is 33.9 Å². The van der Waals surface area contributed by atoms with Gasteiger partial charge < -0.3 is 0 Å². The van der Waals surface area contributed by atoms with Crippen LogP contribution in [0.25, 0.3) is 11.3 Å². The second-order valence-electron chi connectivity index (χ2n) is 5.06. The van der Waals surface area contributed by atoms with Gasteiger partial charge in [0.2, 0.25) is 10.0 Å². The molecule has 0 unspecified atom stereocenters. The minimum absolute atomic E-state index is 0.0479. The van der Waals surface area contributed by atoms with Gasteiger partial charge in [0.1, 0.15) is 4.21 Å². The molecule has 0 spiro atoms. The zero-order valence-corrected chi connectivity index (χ0v) is 12.8. The molecule has 0 saturated heterocycles. The number of hydrogen-bond acceptors (Lipinski definition) is 5. The summed E-state index contributed by atoms with van der Waals surface area (Å²) in [4.78, 5) is 11.0. The minimum Gasteiger partial charge on any atom is -0.268 e. The second kappa shape index (κ2) is 5.70. The molecule has 3 rings (SSSR count). The van der Waals surface area contributed by atoms with Gasteiger partial charge in [-0.15, -0.1) is 11.3 Å². The van der Waals surface area contributed by atoms with E-state index in [1.807, 2.05) is 0 Å². The van der Waals surface area contributed by atoms with Crippen LogP contribution in [0.2, 0.25) is 0 Å². The Hall–Kier alpha value is -1.51. The molecule has 0 atom stereocenters. The van der Waals surface area contributed by atoms with Crippen molar-refractivity contribution in [3.8, 4) is 11.3 Å². The smallest absolute Gasteiger partial charge is 0.264 e. The van der Waals surface area contributed by atoms with Crippen molar-refractivity contribution in [3.63, 3.8) is 0 Å². The van der Waals surface area contributed by atoms with E-state index in [1.165, 1.54) is 6.07 Å². The molecule has 0 amide bonds. The molecule has 112 valence electrons. The summed E-state index contributed by atoms with van der Waals surface area (Å²) in [6.07, 6.45) is 3.95. The molecule has 21 heavy (non-hydrogen) atoms. The fourth-order valence-corrected chi connectivity index (χ4v) is 4.91. The van der Waals surface area contributed by atoms with E-state index in [9.17, 15) is 13.2 Å². The Kier molecular flexibility index (Phi) is 3.92. The Morgan fingerprint density at radius 1 is 1.29 bits per heavy atom. The zero-order chi connectivity index (χ0) is 14.9. The van der Waals surface area contributed by atoms with Gasteiger partial charge in [-0.05, 0) is 25.0 Å². The average molecular weight is 325 g/mol. The number of nitrogens with one attached hydrogen (secondary N) is 2. The summed E-state index contributed by atoms with van der Waals surface area (Å²) >= 11 is 1.16. The maximum Gasteiger partial charge on any atom is 0.264 e. The predicted octanol–water partition coefficient (Wildman–Crippen LogP) is 1.72. The molecule has 0 radical (unpaired) electrons. The van der Waals surface area contributed by atoms with Crippen LogP contribution in [0, 0.1) is 0 Å². The molecule has 2 aromatic rings. The summed E-state index contributed by atoms with van der Waals surface area (Å²) in [5.74, 6) is 0. The van der Waals surface area contributed by atoms with Gasteiger partial charge in [0.15, 0.2) is 0 Å². The number of thiophene rings is 1. The van der Waals surface area contributed by atoms with Crippen LogP contribution in [0.15, 0.2) is 32.6 Å². The Morgan fingerprint density at radius 3 is 2.71 bits per heavy atom. The summed E-state index contributed by atoms with van der Waals surface area (Å²) in [5, 5.41) is 7.97. The third-order valence-corrected chi connectivity index (χ3v) is 6.45. The molecule has 0 aromatic carbocycles. The number of hydrogen-bond donors (Lipinski definition) is 2. The summed E-state index contributed by atoms with van der Waals surface area (Å²) in [5.41, 5.74) is 0.945. The largest absolute Gasteiger partial charge is 0.268 e. The molecular weight excluding hydrogens is 310 g/mol. The van der Waals surface area contributed by atoms with Gasteiger partial charge in [-0.25, -0.2) is 18.2 Å². The first-order valence-electron chi connectivity index (χ1n) is 6.71. The van der Waals surface area contributed by atoms with Crippen molar-refractivity contribution in [1.82, 2.24) is 14.9 Å². The van der Waals surface area contributed by atoms with Gasteiger partial charge in [0.25, 0.3) is 5.56 Å². The van der Waals surface area contributed by atoms with Crippen LogP contribution in [0.3, 0.4) is 0 Å². The molecule has 1 aliphatic rings. The first-order valence-corrected chi connectivity index (χ1v) is 9.08. The second-order valence-corrected chi connectivity index (χ2v) is 7.92. The van der Waals surface area contributed by atoms with Crippen LogP contribution >= 0.6 is 11.3 Å². The van der Waals surface area contributed by atoms with E-state index < -0.39 is 10.0 Å². The van der Waals surface area contributed by atoms with E-state index >= 15 is 0 Å². The molecule has 6 nitrogen and oxygen atoms in total. The van der Waals surface area contributed by atoms with Gasteiger partial charge in [-0.2, -0.15) is 5.10 Å². The van der Waals surface area contributed by atoms with E-state index in [4.69, 9.17) is 0 Å². The summed E-state index contributed by atoms with van der Waals surface area (Å²) in [6, 6.07) is 4.57. The molecule has 1 saturated carbocycles. The van der Waals surface area contributed by atoms with Crippen molar-refractivity contribution in [1.29, 1.82) is 0 Å². The molecule has 0 aliphatic heterocycles. The van der Waals surface area contributed by atoms with Crippen LogP contribution in [0.1, 0.15) is 25.7 Å². The van der Waals surface area contributed by atoms with E-state index in [0.29, 0.717) is 11.3 Å². The molecule has 2 aromatic heterocycles. The number of sulfonamides is 1. The normalized spacial score (nSPS) is 16.4. The van der Waals surface area contributed by atoms with Crippen molar-refractivity contribution in [2.24, 2.45) is 0 Å². The highest BCUT2D eigenvalue weighted by atomic mass is 32.2. The van der Waals surface area contributed by atoms with Crippen LogP contribution < -0.4 is 10.3 Å². The van der Waals surface area contributed by atoms with Gasteiger partial charge in [0, 0.05) is 23.1 Å². The third kappa shape index (κ3) is 3.22. The number of rotatable bonds is 4. The van der Waals surface area contributed by atoms with Crippen molar-refractivity contribution in [2.45, 2.75) is 35.9 Å². The van der Waals surface area contributed by atoms with E-state index in [-0.39, 0.29) is 15.8 Å². The van der Waals surface area contributed by atoms with Crippen molar-refractivity contribution >= 4 is 21.4 Å². The first-order chi connectivity index (χ1) is 10.0. The lowest BCUT2D eigenvalue weighted by Gasteiger charge is -2.10. The molecular formula is C13H15N3O3S2. The zero-order valence-electron chi connectivity index (χ0n) is 11.2. The topological polar surface area (TPSA) is 91.9 Å². The monoisotopic (exact) mass is 325 g/mol. The summed E-state index contributed by atoms with van der Waals surface area (Å²) in [6.45, 7) is 0. The van der Waals surface area contributed by atoms with E-state index in [2.05, 4.69) is 14.9 Å². The minimum atomic E-state index is -3.47. The number of nitrogens with zero attached hydrogens (tertiary/aromatic N) is 1. The van der Waals surface area contributed by atoms with Crippen molar-refractivity contribution in [2.75, 3.05) is 0 Å². The highest BCUT2D eigenvalue weighted by Crippen LogP contribution is 2.28. The Bertz CT molecular complexity index is 768. The summed E-state index contributed by atoms with van der Waals surface area (Å²) < 4.78 is 27.6. The highest BCUT2D eigenvalue weighted by molar-refractivity contribution is 7.91. The summed E-state index contributed by atoms with van der Waals surface area (Å²) in [7, 11) is -3.47. The van der Waals surface area contributed by atoms with E-state index in [0.717, 1.165) is 37.0 Å². The maximum absolute atomic E-state index is 12.3. The third-order valence-electron chi connectivity index (χ3n) is 3.49. The van der Waals surface area contributed by atoms with Crippen molar-refractivity contribution < 1.29 is 8.42 Å². The first kappa shape index (κ1) is 14.4. The highest BCUT2D eigenvalue weighted by Gasteiger charge is 2.24. The Balaban J connectivity index is 1.83. The quantitative estimate of drug-likeness (QED) is 0.895. The molecule has 1 fully saturated rings. The number of aromatic nitrogens is 2. The molecule has 2 N–H and O–H groups in total. The Labute approximate surface area is 126 Å². The molecule has 0 bridgehead atoms.